The molecule has 8 nitrogen and oxygen atoms in total. The summed E-state index contributed by atoms with van der Waals surface area (Å²) in [6, 6.07) is 4.79. The zero-order chi connectivity index (χ0) is 20.4. The van der Waals surface area contributed by atoms with Crippen LogP contribution in [-0.4, -0.2) is 33.4 Å². The first-order valence-corrected chi connectivity index (χ1v) is 10.6. The summed E-state index contributed by atoms with van der Waals surface area (Å²) in [6.45, 7) is 6.55. The molecule has 3 aromatic rings. The van der Waals surface area contributed by atoms with Crippen LogP contribution in [0.4, 0.5) is 0 Å². The second-order valence-corrected chi connectivity index (χ2v) is 10.2. The van der Waals surface area contributed by atoms with Gasteiger partial charge in [-0.3, -0.25) is 9.13 Å². The molecule has 0 saturated heterocycles. The van der Waals surface area contributed by atoms with Crippen LogP contribution in [0.1, 0.15) is 38.1 Å². The Kier molecular flexibility index (Phi) is 4.10. The molecule has 0 radical (unpaired) electrons. The third-order valence-electron chi connectivity index (χ3n) is 5.22. The van der Waals surface area contributed by atoms with Crippen LogP contribution in [0.3, 0.4) is 0 Å². The summed E-state index contributed by atoms with van der Waals surface area (Å²) < 4.78 is 36.7. The SMILES string of the molecule is Cn1c(=O)n(C)c2cc(S(=O)(=O)N3CCc4oc(C(C)(C)C)nc4C3)ccc21. The lowest BCUT2D eigenvalue weighted by molar-refractivity contribution is 0.338. The van der Waals surface area contributed by atoms with Gasteiger partial charge in [0, 0.05) is 32.5 Å². The van der Waals surface area contributed by atoms with Crippen LogP contribution in [-0.2, 0) is 42.5 Å². The van der Waals surface area contributed by atoms with E-state index in [2.05, 4.69) is 4.98 Å². The summed E-state index contributed by atoms with van der Waals surface area (Å²) in [6.07, 6.45) is 0.490. The van der Waals surface area contributed by atoms with E-state index >= 15 is 0 Å². The number of benzene rings is 1. The van der Waals surface area contributed by atoms with Crippen molar-refractivity contribution in [2.45, 2.75) is 44.0 Å². The molecule has 4 rings (SSSR count). The maximum atomic E-state index is 13.2. The van der Waals surface area contributed by atoms with Crippen molar-refractivity contribution >= 4 is 21.1 Å². The van der Waals surface area contributed by atoms with E-state index in [0.29, 0.717) is 35.6 Å². The average molecular weight is 404 g/mol. The van der Waals surface area contributed by atoms with Gasteiger partial charge in [-0.15, -0.1) is 0 Å². The molecule has 0 atom stereocenters. The summed E-state index contributed by atoms with van der Waals surface area (Å²) in [5.41, 5.74) is 1.53. The van der Waals surface area contributed by atoms with Gasteiger partial charge in [0.05, 0.1) is 28.2 Å². The van der Waals surface area contributed by atoms with Gasteiger partial charge in [-0.25, -0.2) is 18.2 Å². The minimum absolute atomic E-state index is 0.171. The molecule has 150 valence electrons. The molecule has 0 unspecified atom stereocenters. The number of imidazole rings is 1. The van der Waals surface area contributed by atoms with E-state index in [1.54, 1.807) is 32.3 Å². The highest BCUT2D eigenvalue weighted by atomic mass is 32.2. The van der Waals surface area contributed by atoms with Crippen molar-refractivity contribution in [3.05, 3.63) is 46.0 Å². The molecule has 28 heavy (non-hydrogen) atoms. The van der Waals surface area contributed by atoms with Crippen LogP contribution in [0.2, 0.25) is 0 Å². The quantitative estimate of drug-likeness (QED) is 0.651. The van der Waals surface area contributed by atoms with E-state index < -0.39 is 10.0 Å². The van der Waals surface area contributed by atoms with E-state index in [1.165, 1.54) is 13.4 Å². The predicted molar refractivity (Wildman–Crippen MR) is 105 cm³/mol. The lowest BCUT2D eigenvalue weighted by atomic mass is 9.97. The standard InChI is InChI=1S/C19H24N4O4S/c1-19(2,3)17-20-13-11-23(9-8-16(13)27-17)28(25,26)12-6-7-14-15(10-12)22(5)18(24)21(14)4/h6-7,10H,8-9,11H2,1-5H3. The molecule has 1 aliphatic heterocycles. The van der Waals surface area contributed by atoms with Crippen molar-refractivity contribution in [1.29, 1.82) is 0 Å². The molecule has 3 heterocycles. The minimum Gasteiger partial charge on any atom is -0.445 e. The molecular formula is C19H24N4O4S. The molecule has 0 bridgehead atoms. The normalized spacial score (nSPS) is 15.9. The number of rotatable bonds is 2. The third kappa shape index (κ3) is 2.80. The van der Waals surface area contributed by atoms with Gasteiger partial charge in [-0.05, 0) is 18.2 Å². The maximum absolute atomic E-state index is 13.2. The minimum atomic E-state index is -3.72. The number of oxazole rings is 1. The molecular weight excluding hydrogens is 380 g/mol. The highest BCUT2D eigenvalue weighted by Crippen LogP contribution is 2.30. The number of hydrogen-bond donors (Lipinski definition) is 0. The van der Waals surface area contributed by atoms with E-state index in [4.69, 9.17) is 4.42 Å². The molecule has 0 aliphatic carbocycles. The van der Waals surface area contributed by atoms with Crippen LogP contribution < -0.4 is 5.69 Å². The van der Waals surface area contributed by atoms with Crippen LogP contribution in [0.15, 0.2) is 32.3 Å². The number of hydrogen-bond acceptors (Lipinski definition) is 5. The van der Waals surface area contributed by atoms with Crippen molar-refractivity contribution in [1.82, 2.24) is 18.4 Å². The number of fused-ring (bicyclic) bond motifs is 2. The van der Waals surface area contributed by atoms with Gasteiger partial charge in [0.2, 0.25) is 10.0 Å². The molecule has 0 fully saturated rings. The van der Waals surface area contributed by atoms with Gasteiger partial charge < -0.3 is 4.42 Å². The zero-order valence-electron chi connectivity index (χ0n) is 16.7. The van der Waals surface area contributed by atoms with Gasteiger partial charge >= 0.3 is 5.69 Å². The van der Waals surface area contributed by atoms with Crippen molar-refractivity contribution in [3.8, 4) is 0 Å². The number of aromatic nitrogens is 3. The second-order valence-electron chi connectivity index (χ2n) is 8.28. The second kappa shape index (κ2) is 6.05. The Hall–Kier alpha value is -2.39. The molecule has 2 aromatic heterocycles. The summed E-state index contributed by atoms with van der Waals surface area (Å²) in [7, 11) is -0.410. The van der Waals surface area contributed by atoms with Gasteiger partial charge in [-0.1, -0.05) is 20.8 Å². The Labute approximate surface area is 163 Å². The largest absolute Gasteiger partial charge is 0.445 e. The fourth-order valence-electron chi connectivity index (χ4n) is 3.50. The van der Waals surface area contributed by atoms with E-state index in [-0.39, 0.29) is 22.5 Å². The third-order valence-corrected chi connectivity index (χ3v) is 7.06. The van der Waals surface area contributed by atoms with E-state index in [1.807, 2.05) is 20.8 Å². The fraction of sp³-hybridized carbons (Fsp3) is 0.474. The first kappa shape index (κ1) is 18.9. The number of nitrogens with zero attached hydrogens (tertiary/aromatic N) is 4. The topological polar surface area (TPSA) is 90.3 Å². The van der Waals surface area contributed by atoms with Gasteiger partial charge in [-0.2, -0.15) is 4.31 Å². The Morgan fingerprint density at radius 3 is 2.46 bits per heavy atom. The monoisotopic (exact) mass is 404 g/mol. The molecule has 9 heteroatoms. The summed E-state index contributed by atoms with van der Waals surface area (Å²) >= 11 is 0. The number of sulfonamides is 1. The highest BCUT2D eigenvalue weighted by molar-refractivity contribution is 7.89. The van der Waals surface area contributed by atoms with Crippen molar-refractivity contribution < 1.29 is 12.8 Å². The van der Waals surface area contributed by atoms with Crippen molar-refractivity contribution in [3.63, 3.8) is 0 Å². The van der Waals surface area contributed by atoms with Crippen molar-refractivity contribution in [2.75, 3.05) is 6.54 Å². The van der Waals surface area contributed by atoms with Gasteiger partial charge in [0.15, 0.2) is 5.89 Å². The van der Waals surface area contributed by atoms with Crippen LogP contribution in [0.5, 0.6) is 0 Å². The lowest BCUT2D eigenvalue weighted by Gasteiger charge is -2.24. The van der Waals surface area contributed by atoms with Gasteiger partial charge in [0.1, 0.15) is 5.76 Å². The Bertz CT molecular complexity index is 1240. The Morgan fingerprint density at radius 1 is 1.11 bits per heavy atom. The van der Waals surface area contributed by atoms with Gasteiger partial charge in [0.25, 0.3) is 0 Å². The fourth-order valence-corrected chi connectivity index (χ4v) is 4.92. The zero-order valence-corrected chi connectivity index (χ0v) is 17.5. The summed E-state index contributed by atoms with van der Waals surface area (Å²) in [5.74, 6) is 1.38. The Morgan fingerprint density at radius 2 is 1.79 bits per heavy atom. The molecule has 0 amide bonds. The molecule has 0 N–H and O–H groups in total. The first-order valence-electron chi connectivity index (χ1n) is 9.15. The molecule has 0 spiro atoms. The smallest absolute Gasteiger partial charge is 0.328 e. The van der Waals surface area contributed by atoms with Crippen molar-refractivity contribution in [2.24, 2.45) is 14.1 Å². The number of aryl methyl sites for hydroxylation is 2. The van der Waals surface area contributed by atoms with E-state index in [9.17, 15) is 13.2 Å². The molecule has 0 saturated carbocycles. The first-order chi connectivity index (χ1) is 13.0. The van der Waals surface area contributed by atoms with Crippen LogP contribution >= 0.6 is 0 Å². The predicted octanol–water partition coefficient (Wildman–Crippen LogP) is 1.91. The van der Waals surface area contributed by atoms with Crippen LogP contribution in [0.25, 0.3) is 11.0 Å². The summed E-state index contributed by atoms with van der Waals surface area (Å²) in [4.78, 5) is 16.8. The lowest BCUT2D eigenvalue weighted by Crippen LogP contribution is -2.35. The average Bonchev–Trinajstić information content (AvgIpc) is 3.17. The molecule has 1 aliphatic rings. The highest BCUT2D eigenvalue weighted by Gasteiger charge is 2.33. The van der Waals surface area contributed by atoms with E-state index in [0.717, 1.165) is 5.76 Å². The Balaban J connectivity index is 1.71. The summed E-state index contributed by atoms with van der Waals surface area (Å²) in [5, 5.41) is 0. The van der Waals surface area contributed by atoms with Crippen LogP contribution in [0, 0.1) is 0 Å². The maximum Gasteiger partial charge on any atom is 0.328 e. The molecule has 1 aromatic carbocycles.